The van der Waals surface area contributed by atoms with Crippen molar-refractivity contribution in [1.29, 1.82) is 0 Å². The van der Waals surface area contributed by atoms with E-state index in [-0.39, 0.29) is 11.7 Å². The summed E-state index contributed by atoms with van der Waals surface area (Å²) in [7, 11) is 0. The Hall–Kier alpha value is -1.55. The van der Waals surface area contributed by atoms with Gasteiger partial charge < -0.3 is 5.11 Å². The SMILES string of the molecule is CCCCCCCCCCc1cc(C(=O)NN)ccc1O. The van der Waals surface area contributed by atoms with Crippen molar-refractivity contribution >= 4 is 5.91 Å². The Bertz CT molecular complexity index is 433. The minimum atomic E-state index is -0.327. The molecule has 0 atom stereocenters. The predicted molar refractivity (Wildman–Crippen MR) is 86.1 cm³/mol. The Balaban J connectivity index is 2.29. The molecule has 0 bridgehead atoms. The zero-order valence-electron chi connectivity index (χ0n) is 13.0. The minimum absolute atomic E-state index is 0.256. The molecule has 21 heavy (non-hydrogen) atoms. The number of nitrogens with two attached hydrogens (primary N) is 1. The average molecular weight is 292 g/mol. The van der Waals surface area contributed by atoms with E-state index in [0.29, 0.717) is 5.56 Å². The van der Waals surface area contributed by atoms with E-state index in [9.17, 15) is 9.90 Å². The molecule has 0 saturated heterocycles. The lowest BCUT2D eigenvalue weighted by Crippen LogP contribution is -2.29. The van der Waals surface area contributed by atoms with Crippen molar-refractivity contribution in [3.63, 3.8) is 0 Å². The van der Waals surface area contributed by atoms with Gasteiger partial charge in [0.2, 0.25) is 0 Å². The van der Waals surface area contributed by atoms with Gasteiger partial charge in [0.05, 0.1) is 0 Å². The van der Waals surface area contributed by atoms with E-state index < -0.39 is 0 Å². The van der Waals surface area contributed by atoms with E-state index >= 15 is 0 Å². The van der Waals surface area contributed by atoms with E-state index in [1.807, 2.05) is 0 Å². The molecule has 4 N–H and O–H groups in total. The van der Waals surface area contributed by atoms with Crippen LogP contribution < -0.4 is 11.3 Å². The number of aryl methyl sites for hydroxylation is 1. The quantitative estimate of drug-likeness (QED) is 0.266. The molecule has 0 aliphatic carbocycles. The van der Waals surface area contributed by atoms with Gasteiger partial charge in [0.15, 0.2) is 0 Å². The molecular formula is C17H28N2O2. The molecule has 0 fully saturated rings. The van der Waals surface area contributed by atoms with E-state index in [1.54, 1.807) is 18.2 Å². The van der Waals surface area contributed by atoms with Gasteiger partial charge in [-0.15, -0.1) is 0 Å². The molecule has 1 aromatic rings. The Morgan fingerprint density at radius 2 is 1.71 bits per heavy atom. The Kier molecular flexibility index (Phi) is 8.51. The number of nitrogen functional groups attached to an aromatic ring is 1. The van der Waals surface area contributed by atoms with Gasteiger partial charge in [0.25, 0.3) is 5.91 Å². The normalized spacial score (nSPS) is 10.6. The standard InChI is InChI=1S/C17H28N2O2/c1-2-3-4-5-6-7-8-9-10-14-13-15(17(21)19-18)11-12-16(14)20/h11-13,20H,2-10,18H2,1H3,(H,19,21). The number of hydrazine groups is 1. The molecule has 4 heteroatoms. The number of unbranched alkanes of at least 4 members (excludes halogenated alkanes) is 7. The van der Waals surface area contributed by atoms with E-state index in [1.165, 1.54) is 44.9 Å². The summed E-state index contributed by atoms with van der Waals surface area (Å²) < 4.78 is 0. The first kappa shape index (κ1) is 17.5. The number of phenols is 1. The molecular weight excluding hydrogens is 264 g/mol. The summed E-state index contributed by atoms with van der Waals surface area (Å²) >= 11 is 0. The van der Waals surface area contributed by atoms with Crippen LogP contribution >= 0.6 is 0 Å². The Labute approximate surface area is 127 Å². The van der Waals surface area contributed by atoms with Crippen molar-refractivity contribution in [3.05, 3.63) is 29.3 Å². The summed E-state index contributed by atoms with van der Waals surface area (Å²) in [5.41, 5.74) is 3.42. The van der Waals surface area contributed by atoms with Gasteiger partial charge >= 0.3 is 0 Å². The van der Waals surface area contributed by atoms with E-state index in [2.05, 4.69) is 12.3 Å². The molecule has 0 aliphatic heterocycles. The molecule has 0 aromatic heterocycles. The van der Waals surface area contributed by atoms with Crippen LogP contribution in [0, 0.1) is 0 Å². The average Bonchev–Trinajstić information content (AvgIpc) is 2.50. The highest BCUT2D eigenvalue weighted by Gasteiger charge is 2.08. The molecule has 1 amide bonds. The predicted octanol–water partition coefficient (Wildman–Crippen LogP) is 3.68. The van der Waals surface area contributed by atoms with Crippen LogP contribution in [0.15, 0.2) is 18.2 Å². The van der Waals surface area contributed by atoms with E-state index in [0.717, 1.165) is 18.4 Å². The lowest BCUT2D eigenvalue weighted by Gasteiger charge is -2.07. The van der Waals surface area contributed by atoms with Crippen LogP contribution in [0.2, 0.25) is 0 Å². The summed E-state index contributed by atoms with van der Waals surface area (Å²) in [5.74, 6) is 5.05. The number of carbonyl (C=O) groups is 1. The summed E-state index contributed by atoms with van der Waals surface area (Å²) in [6, 6.07) is 4.86. The number of amides is 1. The lowest BCUT2D eigenvalue weighted by atomic mass is 10.0. The maximum atomic E-state index is 11.5. The van der Waals surface area contributed by atoms with Gasteiger partial charge in [-0.25, -0.2) is 5.84 Å². The maximum Gasteiger partial charge on any atom is 0.265 e. The van der Waals surface area contributed by atoms with Crippen LogP contribution in [0.5, 0.6) is 5.75 Å². The third-order valence-corrected chi connectivity index (χ3v) is 3.77. The van der Waals surface area contributed by atoms with Crippen molar-refractivity contribution in [1.82, 2.24) is 5.43 Å². The van der Waals surface area contributed by atoms with Crippen LogP contribution in [0.1, 0.15) is 74.2 Å². The Morgan fingerprint density at radius 3 is 2.33 bits per heavy atom. The number of rotatable bonds is 10. The number of benzene rings is 1. The molecule has 0 spiro atoms. The number of hydrogen-bond donors (Lipinski definition) is 3. The number of aromatic hydroxyl groups is 1. The zero-order chi connectivity index (χ0) is 15.5. The topological polar surface area (TPSA) is 75.4 Å². The first-order valence-electron chi connectivity index (χ1n) is 8.02. The van der Waals surface area contributed by atoms with Crippen molar-refractivity contribution in [2.75, 3.05) is 0 Å². The highest BCUT2D eigenvalue weighted by molar-refractivity contribution is 5.94. The summed E-state index contributed by atoms with van der Waals surface area (Å²) in [6.07, 6.45) is 10.8. The molecule has 0 radical (unpaired) electrons. The van der Waals surface area contributed by atoms with Gasteiger partial charge in [-0.1, -0.05) is 51.9 Å². The van der Waals surface area contributed by atoms with Crippen LogP contribution in [0.25, 0.3) is 0 Å². The molecule has 118 valence electrons. The molecule has 1 rings (SSSR count). The van der Waals surface area contributed by atoms with Gasteiger partial charge in [-0.05, 0) is 36.6 Å². The van der Waals surface area contributed by atoms with Crippen molar-refractivity contribution in [3.8, 4) is 5.75 Å². The summed E-state index contributed by atoms with van der Waals surface area (Å²) in [5, 5.41) is 9.83. The first-order valence-corrected chi connectivity index (χ1v) is 8.02. The van der Waals surface area contributed by atoms with Crippen molar-refractivity contribution < 1.29 is 9.90 Å². The van der Waals surface area contributed by atoms with Crippen LogP contribution in [-0.4, -0.2) is 11.0 Å². The molecule has 0 heterocycles. The smallest absolute Gasteiger partial charge is 0.265 e. The highest BCUT2D eigenvalue weighted by atomic mass is 16.3. The van der Waals surface area contributed by atoms with Crippen LogP contribution in [-0.2, 0) is 6.42 Å². The number of hydrogen-bond acceptors (Lipinski definition) is 3. The third-order valence-electron chi connectivity index (χ3n) is 3.77. The molecule has 4 nitrogen and oxygen atoms in total. The second-order valence-electron chi connectivity index (χ2n) is 5.54. The van der Waals surface area contributed by atoms with E-state index in [4.69, 9.17) is 5.84 Å². The number of phenolic OH excluding ortho intramolecular Hbond substituents is 1. The fourth-order valence-corrected chi connectivity index (χ4v) is 2.46. The number of nitrogens with one attached hydrogen (secondary N) is 1. The van der Waals surface area contributed by atoms with Crippen molar-refractivity contribution in [2.45, 2.75) is 64.7 Å². The van der Waals surface area contributed by atoms with Crippen molar-refractivity contribution in [2.24, 2.45) is 5.84 Å². The second-order valence-corrected chi connectivity index (χ2v) is 5.54. The highest BCUT2D eigenvalue weighted by Crippen LogP contribution is 2.21. The Morgan fingerprint density at radius 1 is 1.10 bits per heavy atom. The maximum absolute atomic E-state index is 11.5. The molecule has 1 aromatic carbocycles. The molecule has 0 aliphatic rings. The molecule has 0 unspecified atom stereocenters. The molecule has 0 saturated carbocycles. The van der Waals surface area contributed by atoms with Gasteiger partial charge in [-0.3, -0.25) is 10.2 Å². The largest absolute Gasteiger partial charge is 0.508 e. The number of carbonyl (C=O) groups excluding carboxylic acids is 1. The second kappa shape index (κ2) is 10.2. The summed E-state index contributed by atoms with van der Waals surface area (Å²) in [4.78, 5) is 11.5. The fourth-order valence-electron chi connectivity index (χ4n) is 2.46. The minimum Gasteiger partial charge on any atom is -0.508 e. The fraction of sp³-hybridized carbons (Fsp3) is 0.588. The lowest BCUT2D eigenvalue weighted by molar-refractivity contribution is 0.0953. The zero-order valence-corrected chi connectivity index (χ0v) is 13.0. The van der Waals surface area contributed by atoms with Gasteiger partial charge in [0, 0.05) is 5.56 Å². The summed E-state index contributed by atoms with van der Waals surface area (Å²) in [6.45, 7) is 2.23. The van der Waals surface area contributed by atoms with Gasteiger partial charge in [-0.2, -0.15) is 0 Å². The van der Waals surface area contributed by atoms with Crippen LogP contribution in [0.3, 0.4) is 0 Å². The third kappa shape index (κ3) is 6.63. The van der Waals surface area contributed by atoms with Gasteiger partial charge in [0.1, 0.15) is 5.75 Å². The van der Waals surface area contributed by atoms with Crippen LogP contribution in [0.4, 0.5) is 0 Å². The first-order chi connectivity index (χ1) is 10.2. The monoisotopic (exact) mass is 292 g/mol.